The Hall–Kier alpha value is -3.55. The number of carbonyl (C=O) groups is 5. The average Bonchev–Trinajstić information content (AvgIpc) is 3.21. The summed E-state index contributed by atoms with van der Waals surface area (Å²) >= 11 is 0. The molecule has 3 rings (SSSR count). The number of fused-ring (bicyclic) bond motifs is 2. The highest BCUT2D eigenvalue weighted by Crippen LogP contribution is 2.30. The largest absolute Gasteiger partial charge is 0.508 e. The molecule has 1 aromatic carbocycles. The molecular formula is C24H24O8. The number of hydrogen-bond donors (Lipinski definition) is 0. The van der Waals surface area contributed by atoms with Gasteiger partial charge in [0.05, 0.1) is 12.0 Å². The van der Waals surface area contributed by atoms with E-state index in [2.05, 4.69) is 0 Å². The molecule has 1 heterocycles. The molecule has 0 N–H and O–H groups in total. The molecule has 1 unspecified atom stereocenters. The number of ether oxygens (including phenoxy) is 2. The molecule has 8 nitrogen and oxygen atoms in total. The Morgan fingerprint density at radius 2 is 1.56 bits per heavy atom. The van der Waals surface area contributed by atoms with Gasteiger partial charge in [-0.1, -0.05) is 38.1 Å². The van der Waals surface area contributed by atoms with Crippen LogP contribution in [-0.4, -0.2) is 41.5 Å². The summed E-state index contributed by atoms with van der Waals surface area (Å²) in [4.78, 5) is 61.8. The van der Waals surface area contributed by atoms with Crippen molar-refractivity contribution >= 4 is 29.3 Å². The van der Waals surface area contributed by atoms with E-state index in [9.17, 15) is 24.0 Å². The van der Waals surface area contributed by atoms with Crippen LogP contribution in [0.15, 0.2) is 34.7 Å². The minimum absolute atomic E-state index is 0.00495. The van der Waals surface area contributed by atoms with E-state index in [-0.39, 0.29) is 40.7 Å². The fourth-order valence-corrected chi connectivity index (χ4v) is 3.50. The number of ketones is 4. The van der Waals surface area contributed by atoms with E-state index in [0.29, 0.717) is 12.8 Å². The summed E-state index contributed by atoms with van der Waals surface area (Å²) in [7, 11) is 0. The van der Waals surface area contributed by atoms with Crippen molar-refractivity contribution in [1.29, 1.82) is 0 Å². The number of carbonyl (C=O) groups excluding carboxylic acids is 5. The average molecular weight is 440 g/mol. The summed E-state index contributed by atoms with van der Waals surface area (Å²) in [6, 6.07) is 7.53. The van der Waals surface area contributed by atoms with Gasteiger partial charge in [0, 0.05) is 17.5 Å². The van der Waals surface area contributed by atoms with E-state index >= 15 is 0 Å². The molecule has 0 spiro atoms. The summed E-state index contributed by atoms with van der Waals surface area (Å²) < 4.78 is 15.6. The summed E-state index contributed by atoms with van der Waals surface area (Å²) in [6.07, 6.45) is -1.30. The Bertz CT molecular complexity index is 1020. The summed E-state index contributed by atoms with van der Waals surface area (Å²) in [6.45, 7) is 5.29. The Kier molecular flexibility index (Phi) is 7.02. The molecule has 1 aliphatic carbocycles. The van der Waals surface area contributed by atoms with E-state index in [0.717, 1.165) is 0 Å². The third-order valence-corrected chi connectivity index (χ3v) is 5.22. The molecule has 0 aliphatic heterocycles. The lowest BCUT2D eigenvalue weighted by molar-refractivity contribution is -0.120. The van der Waals surface area contributed by atoms with Crippen molar-refractivity contribution in [2.75, 3.05) is 0 Å². The molecule has 0 saturated carbocycles. The van der Waals surface area contributed by atoms with Crippen LogP contribution in [-0.2, 0) is 14.3 Å². The molecule has 168 valence electrons. The number of benzene rings is 1. The second kappa shape index (κ2) is 9.72. The highest BCUT2D eigenvalue weighted by atomic mass is 16.7. The van der Waals surface area contributed by atoms with Crippen molar-refractivity contribution in [2.45, 2.75) is 58.7 Å². The van der Waals surface area contributed by atoms with Crippen LogP contribution in [0.4, 0.5) is 4.79 Å². The highest BCUT2D eigenvalue weighted by molar-refractivity contribution is 6.28. The Morgan fingerprint density at radius 3 is 2.19 bits per heavy atom. The SMILES string of the molecule is CCC(CC)OC(=O)OC(C)CC(=O)CC(=O)c1cc2c(o1)C(=O)c1ccccc1C2=O. The minimum Gasteiger partial charge on any atom is -0.449 e. The van der Waals surface area contributed by atoms with E-state index < -0.39 is 41.8 Å². The number of furan rings is 1. The van der Waals surface area contributed by atoms with Crippen molar-refractivity contribution < 1.29 is 37.9 Å². The maximum Gasteiger partial charge on any atom is 0.508 e. The first kappa shape index (κ1) is 23.1. The van der Waals surface area contributed by atoms with Crippen molar-refractivity contribution in [3.63, 3.8) is 0 Å². The zero-order valence-electron chi connectivity index (χ0n) is 18.1. The molecule has 1 atom stereocenters. The minimum atomic E-state index is -0.861. The molecule has 1 aromatic heterocycles. The zero-order chi connectivity index (χ0) is 23.4. The van der Waals surface area contributed by atoms with Crippen molar-refractivity contribution in [3.8, 4) is 0 Å². The van der Waals surface area contributed by atoms with E-state index in [1.165, 1.54) is 25.1 Å². The van der Waals surface area contributed by atoms with Crippen LogP contribution in [0.1, 0.15) is 89.0 Å². The maximum atomic E-state index is 12.6. The van der Waals surface area contributed by atoms with Crippen molar-refractivity contribution in [3.05, 3.63) is 58.5 Å². The first-order chi connectivity index (χ1) is 15.2. The quantitative estimate of drug-likeness (QED) is 0.274. The van der Waals surface area contributed by atoms with Crippen molar-refractivity contribution in [2.24, 2.45) is 0 Å². The second-order valence-electron chi connectivity index (χ2n) is 7.63. The van der Waals surface area contributed by atoms with Crippen LogP contribution in [0.2, 0.25) is 0 Å². The lowest BCUT2D eigenvalue weighted by Gasteiger charge is -2.16. The standard InChI is InChI=1S/C24H24O8/c1-4-15(5-2)31-24(29)30-13(3)10-14(25)11-19(26)20-12-18-21(27)16-8-6-7-9-17(16)22(28)23(18)32-20/h6-9,12-13,15H,4-5,10-11H2,1-3H3. The van der Waals surface area contributed by atoms with Crippen LogP contribution in [0, 0.1) is 0 Å². The van der Waals surface area contributed by atoms with E-state index in [1.54, 1.807) is 12.1 Å². The summed E-state index contributed by atoms with van der Waals surface area (Å²) in [5.74, 6) is -2.49. The third-order valence-electron chi connectivity index (χ3n) is 5.22. The fourth-order valence-electron chi connectivity index (χ4n) is 3.50. The van der Waals surface area contributed by atoms with Gasteiger partial charge < -0.3 is 13.9 Å². The first-order valence-corrected chi connectivity index (χ1v) is 10.5. The van der Waals surface area contributed by atoms with Gasteiger partial charge in [-0.2, -0.15) is 0 Å². The first-order valence-electron chi connectivity index (χ1n) is 10.5. The second-order valence-corrected chi connectivity index (χ2v) is 7.63. The smallest absolute Gasteiger partial charge is 0.449 e. The number of rotatable bonds is 9. The Morgan fingerprint density at radius 1 is 0.938 bits per heavy atom. The molecule has 0 bridgehead atoms. The molecule has 0 radical (unpaired) electrons. The van der Waals surface area contributed by atoms with Crippen molar-refractivity contribution in [1.82, 2.24) is 0 Å². The van der Waals surface area contributed by atoms with Gasteiger partial charge in [-0.25, -0.2) is 4.79 Å². The predicted molar refractivity (Wildman–Crippen MR) is 112 cm³/mol. The van der Waals surface area contributed by atoms with Crippen LogP contribution in [0.25, 0.3) is 0 Å². The van der Waals surface area contributed by atoms with Crippen LogP contribution in [0.3, 0.4) is 0 Å². The van der Waals surface area contributed by atoms with Crippen LogP contribution in [0.5, 0.6) is 0 Å². The number of hydrogen-bond acceptors (Lipinski definition) is 8. The Labute approximate surface area is 184 Å². The van der Waals surface area contributed by atoms with Crippen LogP contribution >= 0.6 is 0 Å². The lowest BCUT2D eigenvalue weighted by Crippen LogP contribution is -2.24. The van der Waals surface area contributed by atoms with Gasteiger partial charge in [-0.15, -0.1) is 0 Å². The molecular weight excluding hydrogens is 416 g/mol. The Balaban J connectivity index is 1.61. The van der Waals surface area contributed by atoms with Gasteiger partial charge in [0.1, 0.15) is 18.0 Å². The third kappa shape index (κ3) is 4.85. The molecule has 1 aliphatic rings. The highest BCUT2D eigenvalue weighted by Gasteiger charge is 2.34. The topological polar surface area (TPSA) is 117 Å². The number of Topliss-reactive ketones (excluding diaryl/α,β-unsaturated/α-hetero) is 2. The van der Waals surface area contributed by atoms with Gasteiger partial charge in [-0.05, 0) is 25.8 Å². The van der Waals surface area contributed by atoms with Gasteiger partial charge >= 0.3 is 6.16 Å². The maximum absolute atomic E-state index is 12.6. The summed E-state index contributed by atoms with van der Waals surface area (Å²) in [5, 5.41) is 0. The van der Waals surface area contributed by atoms with E-state index in [4.69, 9.17) is 13.9 Å². The van der Waals surface area contributed by atoms with E-state index in [1.807, 2.05) is 13.8 Å². The van der Waals surface area contributed by atoms with Gasteiger partial charge in [0.25, 0.3) is 0 Å². The van der Waals surface area contributed by atoms with Gasteiger partial charge in [0.2, 0.25) is 11.6 Å². The fraction of sp³-hybridized carbons (Fsp3) is 0.375. The molecule has 2 aromatic rings. The monoisotopic (exact) mass is 440 g/mol. The molecule has 0 saturated heterocycles. The lowest BCUT2D eigenvalue weighted by atomic mass is 9.88. The molecule has 32 heavy (non-hydrogen) atoms. The van der Waals surface area contributed by atoms with Gasteiger partial charge in [-0.3, -0.25) is 19.2 Å². The molecule has 0 amide bonds. The molecule has 0 fully saturated rings. The molecule has 8 heteroatoms. The van der Waals surface area contributed by atoms with Crippen LogP contribution < -0.4 is 0 Å². The van der Waals surface area contributed by atoms with Gasteiger partial charge in [0.15, 0.2) is 17.3 Å². The zero-order valence-corrected chi connectivity index (χ0v) is 18.1. The summed E-state index contributed by atoms with van der Waals surface area (Å²) in [5.41, 5.74) is 0.457. The normalized spacial score (nSPS) is 13.4. The predicted octanol–water partition coefficient (Wildman–Crippen LogP) is 4.32.